The van der Waals surface area contributed by atoms with Crippen molar-refractivity contribution in [2.24, 2.45) is 0 Å². The summed E-state index contributed by atoms with van der Waals surface area (Å²) in [6, 6.07) is 0.222. The Labute approximate surface area is 91.6 Å². The number of hydrogen-bond donors (Lipinski definition) is 2. The van der Waals surface area contributed by atoms with Gasteiger partial charge in [-0.05, 0) is 26.8 Å². The normalized spacial score (nSPS) is 19.5. The highest BCUT2D eigenvalue weighted by atomic mass is 16.3. The third-order valence-electron chi connectivity index (χ3n) is 3.19. The van der Waals surface area contributed by atoms with Crippen LogP contribution in [0.25, 0.3) is 0 Å². The lowest BCUT2D eigenvalue weighted by atomic mass is 10.2. The lowest BCUT2D eigenvalue weighted by molar-refractivity contribution is -0.126. The van der Waals surface area contributed by atoms with E-state index in [1.54, 1.807) is 0 Å². The molecule has 0 saturated heterocycles. The van der Waals surface area contributed by atoms with E-state index >= 15 is 0 Å². The largest absolute Gasteiger partial charge is 0.395 e. The molecule has 88 valence electrons. The number of rotatable bonds is 5. The van der Waals surface area contributed by atoms with E-state index in [0.717, 1.165) is 12.8 Å². The number of carbonyl (C=O) groups is 1. The quantitative estimate of drug-likeness (QED) is 0.694. The van der Waals surface area contributed by atoms with E-state index in [-0.39, 0.29) is 18.6 Å². The second-order valence-corrected chi connectivity index (χ2v) is 4.37. The Morgan fingerprint density at radius 2 is 2.13 bits per heavy atom. The van der Waals surface area contributed by atoms with Gasteiger partial charge in [-0.2, -0.15) is 0 Å². The van der Waals surface area contributed by atoms with Crippen molar-refractivity contribution in [1.82, 2.24) is 10.2 Å². The number of nitrogens with one attached hydrogen (secondary N) is 1. The van der Waals surface area contributed by atoms with Gasteiger partial charge in [-0.25, -0.2) is 0 Å². The number of aliphatic hydroxyl groups is 1. The SMILES string of the molecule is CC(C(=O)NC1CCCC1)N(C)CCO. The summed E-state index contributed by atoms with van der Waals surface area (Å²) in [6.07, 6.45) is 4.68. The summed E-state index contributed by atoms with van der Waals surface area (Å²) in [5.74, 6) is 0.0813. The first-order valence-electron chi connectivity index (χ1n) is 5.76. The first-order chi connectivity index (χ1) is 7.15. The molecule has 4 nitrogen and oxygen atoms in total. The topological polar surface area (TPSA) is 52.6 Å². The van der Waals surface area contributed by atoms with Gasteiger partial charge >= 0.3 is 0 Å². The molecule has 0 bridgehead atoms. The fraction of sp³-hybridized carbons (Fsp3) is 0.909. The van der Waals surface area contributed by atoms with Crippen LogP contribution in [-0.4, -0.2) is 48.2 Å². The number of carbonyl (C=O) groups excluding carboxylic acids is 1. The van der Waals surface area contributed by atoms with Crippen LogP contribution in [0.15, 0.2) is 0 Å². The van der Waals surface area contributed by atoms with Crippen LogP contribution in [-0.2, 0) is 4.79 Å². The van der Waals surface area contributed by atoms with Gasteiger partial charge in [0.2, 0.25) is 5.91 Å². The zero-order valence-electron chi connectivity index (χ0n) is 9.70. The van der Waals surface area contributed by atoms with Crippen LogP contribution in [0.5, 0.6) is 0 Å². The Morgan fingerprint density at radius 3 is 2.67 bits per heavy atom. The van der Waals surface area contributed by atoms with E-state index in [4.69, 9.17) is 5.11 Å². The van der Waals surface area contributed by atoms with Crippen LogP contribution in [0, 0.1) is 0 Å². The fourth-order valence-electron chi connectivity index (χ4n) is 1.94. The van der Waals surface area contributed by atoms with E-state index < -0.39 is 0 Å². The van der Waals surface area contributed by atoms with Crippen LogP contribution in [0.4, 0.5) is 0 Å². The van der Waals surface area contributed by atoms with Crippen LogP contribution >= 0.6 is 0 Å². The third-order valence-corrected chi connectivity index (χ3v) is 3.19. The molecular weight excluding hydrogens is 192 g/mol. The van der Waals surface area contributed by atoms with Crippen LogP contribution in [0.2, 0.25) is 0 Å². The molecule has 1 fully saturated rings. The summed E-state index contributed by atoms with van der Waals surface area (Å²) in [5, 5.41) is 11.8. The molecule has 0 spiro atoms. The van der Waals surface area contributed by atoms with Crippen molar-refractivity contribution in [2.75, 3.05) is 20.2 Å². The first kappa shape index (κ1) is 12.5. The Balaban J connectivity index is 2.31. The molecule has 0 aromatic carbocycles. The van der Waals surface area contributed by atoms with Crippen molar-refractivity contribution in [1.29, 1.82) is 0 Å². The second-order valence-electron chi connectivity index (χ2n) is 4.37. The second kappa shape index (κ2) is 6.08. The zero-order chi connectivity index (χ0) is 11.3. The minimum Gasteiger partial charge on any atom is -0.395 e. The van der Waals surface area contributed by atoms with Gasteiger partial charge in [0.15, 0.2) is 0 Å². The van der Waals surface area contributed by atoms with Gasteiger partial charge in [-0.1, -0.05) is 12.8 Å². The van der Waals surface area contributed by atoms with Gasteiger partial charge in [-0.3, -0.25) is 9.69 Å². The molecule has 2 N–H and O–H groups in total. The summed E-state index contributed by atoms with van der Waals surface area (Å²) in [7, 11) is 1.86. The minimum atomic E-state index is -0.155. The first-order valence-corrected chi connectivity index (χ1v) is 5.76. The van der Waals surface area contributed by atoms with E-state index in [0.29, 0.717) is 12.6 Å². The Hall–Kier alpha value is -0.610. The Bertz CT molecular complexity index is 203. The smallest absolute Gasteiger partial charge is 0.237 e. The van der Waals surface area contributed by atoms with E-state index in [1.165, 1.54) is 12.8 Å². The molecular formula is C11H22N2O2. The van der Waals surface area contributed by atoms with Crippen molar-refractivity contribution >= 4 is 5.91 Å². The predicted molar refractivity (Wildman–Crippen MR) is 59.6 cm³/mol. The van der Waals surface area contributed by atoms with Crippen LogP contribution in [0.1, 0.15) is 32.6 Å². The highest BCUT2D eigenvalue weighted by Gasteiger charge is 2.22. The number of likely N-dealkylation sites (N-methyl/N-ethyl adjacent to an activating group) is 1. The van der Waals surface area contributed by atoms with Crippen molar-refractivity contribution in [3.8, 4) is 0 Å². The lowest BCUT2D eigenvalue weighted by Crippen LogP contribution is -2.47. The van der Waals surface area contributed by atoms with Crippen molar-refractivity contribution in [3.63, 3.8) is 0 Å². The maximum absolute atomic E-state index is 11.8. The monoisotopic (exact) mass is 214 g/mol. The standard InChI is InChI=1S/C11H22N2O2/c1-9(13(2)7-8-14)11(15)12-10-5-3-4-6-10/h9-10,14H,3-8H2,1-2H3,(H,12,15). The molecule has 1 unspecified atom stereocenters. The molecule has 1 saturated carbocycles. The average molecular weight is 214 g/mol. The van der Waals surface area contributed by atoms with Crippen molar-refractivity contribution in [3.05, 3.63) is 0 Å². The highest BCUT2D eigenvalue weighted by Crippen LogP contribution is 2.17. The highest BCUT2D eigenvalue weighted by molar-refractivity contribution is 5.81. The molecule has 0 aliphatic heterocycles. The molecule has 1 rings (SSSR count). The minimum absolute atomic E-state index is 0.0813. The molecule has 1 amide bonds. The Kier molecular flexibility index (Phi) is 5.05. The molecule has 1 aliphatic rings. The van der Waals surface area contributed by atoms with Gasteiger partial charge in [0.25, 0.3) is 0 Å². The van der Waals surface area contributed by atoms with E-state index in [1.807, 2.05) is 18.9 Å². The molecule has 1 aliphatic carbocycles. The summed E-state index contributed by atoms with van der Waals surface area (Å²) in [4.78, 5) is 13.6. The predicted octanol–water partition coefficient (Wildman–Crippen LogP) is 0.358. The van der Waals surface area contributed by atoms with Crippen molar-refractivity contribution in [2.45, 2.75) is 44.7 Å². The molecule has 0 aromatic rings. The maximum Gasteiger partial charge on any atom is 0.237 e. The summed E-state index contributed by atoms with van der Waals surface area (Å²) in [6.45, 7) is 2.51. The summed E-state index contributed by atoms with van der Waals surface area (Å²) >= 11 is 0. The number of amides is 1. The molecule has 0 aromatic heterocycles. The Morgan fingerprint density at radius 1 is 1.53 bits per heavy atom. The van der Waals surface area contributed by atoms with Gasteiger partial charge < -0.3 is 10.4 Å². The summed E-state index contributed by atoms with van der Waals surface area (Å²) < 4.78 is 0. The van der Waals surface area contributed by atoms with Gasteiger partial charge in [0, 0.05) is 12.6 Å². The molecule has 4 heteroatoms. The van der Waals surface area contributed by atoms with E-state index in [2.05, 4.69) is 5.32 Å². The van der Waals surface area contributed by atoms with Gasteiger partial charge in [-0.15, -0.1) is 0 Å². The zero-order valence-corrected chi connectivity index (χ0v) is 9.70. The molecule has 15 heavy (non-hydrogen) atoms. The van der Waals surface area contributed by atoms with Crippen LogP contribution < -0.4 is 5.32 Å². The number of hydrogen-bond acceptors (Lipinski definition) is 3. The van der Waals surface area contributed by atoms with Crippen LogP contribution in [0.3, 0.4) is 0 Å². The third kappa shape index (κ3) is 3.80. The molecule has 0 heterocycles. The lowest BCUT2D eigenvalue weighted by Gasteiger charge is -2.24. The van der Waals surface area contributed by atoms with Gasteiger partial charge in [0.1, 0.15) is 0 Å². The maximum atomic E-state index is 11.8. The molecule has 1 atom stereocenters. The average Bonchev–Trinajstić information content (AvgIpc) is 2.69. The van der Waals surface area contributed by atoms with Crippen molar-refractivity contribution < 1.29 is 9.90 Å². The van der Waals surface area contributed by atoms with E-state index in [9.17, 15) is 4.79 Å². The fourth-order valence-corrected chi connectivity index (χ4v) is 1.94. The van der Waals surface area contributed by atoms with Gasteiger partial charge in [0.05, 0.1) is 12.6 Å². The molecule has 0 radical (unpaired) electrons. The summed E-state index contributed by atoms with van der Waals surface area (Å²) in [5.41, 5.74) is 0. The number of aliphatic hydroxyl groups excluding tert-OH is 1. The number of nitrogens with zero attached hydrogens (tertiary/aromatic N) is 1.